The molecule has 0 saturated heterocycles. The van der Waals surface area contributed by atoms with Crippen LogP contribution >= 0.6 is 11.8 Å². The van der Waals surface area contributed by atoms with Gasteiger partial charge in [-0.15, -0.1) is 11.8 Å². The number of rotatable bonds is 9. The van der Waals surface area contributed by atoms with Gasteiger partial charge in [-0.1, -0.05) is 45.4 Å². The molecule has 0 aliphatic heterocycles. The molecular formula is C16H22N4S. The number of nitrogens with zero attached hydrogens (tertiary/aromatic N) is 3. The average Bonchev–Trinajstić information content (AvgIpc) is 2.50. The lowest BCUT2D eigenvalue weighted by atomic mass is 10.1. The highest BCUT2D eigenvalue weighted by molar-refractivity contribution is 7.99. The zero-order chi connectivity index (χ0) is 15.5. The molecule has 0 fully saturated rings. The van der Waals surface area contributed by atoms with E-state index in [1.807, 2.05) is 6.07 Å². The van der Waals surface area contributed by atoms with E-state index in [0.29, 0.717) is 10.6 Å². The maximum absolute atomic E-state index is 9.10. The minimum absolute atomic E-state index is 0.207. The number of hydrogen-bond acceptors (Lipinski definition) is 5. The predicted octanol–water partition coefficient (Wildman–Crippen LogP) is 4.25. The van der Waals surface area contributed by atoms with Gasteiger partial charge >= 0.3 is 0 Å². The lowest BCUT2D eigenvalue weighted by Crippen LogP contribution is -1.99. The second kappa shape index (κ2) is 10.1. The van der Waals surface area contributed by atoms with Gasteiger partial charge in [0.2, 0.25) is 0 Å². The minimum Gasteiger partial charge on any atom is -0.383 e. The van der Waals surface area contributed by atoms with Crippen molar-refractivity contribution in [2.24, 2.45) is 0 Å². The van der Waals surface area contributed by atoms with Crippen LogP contribution in [0.5, 0.6) is 0 Å². The summed E-state index contributed by atoms with van der Waals surface area (Å²) >= 11 is 1.55. The molecule has 5 heteroatoms. The van der Waals surface area contributed by atoms with Crippen molar-refractivity contribution < 1.29 is 0 Å². The molecule has 1 aromatic rings. The highest BCUT2D eigenvalue weighted by atomic mass is 32.2. The normalized spacial score (nSPS) is 10.0. The number of pyridine rings is 1. The van der Waals surface area contributed by atoms with Crippen LogP contribution in [0.3, 0.4) is 0 Å². The van der Waals surface area contributed by atoms with Gasteiger partial charge in [0.05, 0.1) is 11.1 Å². The van der Waals surface area contributed by atoms with Crippen molar-refractivity contribution in [1.82, 2.24) is 4.98 Å². The fraction of sp³-hybridized carbons (Fsp3) is 0.562. The number of nitrogens with two attached hydrogens (primary N) is 1. The number of nitriles is 2. The van der Waals surface area contributed by atoms with Gasteiger partial charge in [-0.25, -0.2) is 4.98 Å². The molecule has 1 aromatic heterocycles. The third-order valence-corrected chi connectivity index (χ3v) is 4.32. The van der Waals surface area contributed by atoms with Crippen molar-refractivity contribution in [2.75, 3.05) is 11.5 Å². The van der Waals surface area contributed by atoms with Crippen LogP contribution < -0.4 is 5.73 Å². The number of thioether (sulfide) groups is 1. The molecule has 0 bridgehead atoms. The van der Waals surface area contributed by atoms with Crippen LogP contribution in [-0.4, -0.2) is 10.7 Å². The minimum atomic E-state index is 0.207. The zero-order valence-electron chi connectivity index (χ0n) is 12.6. The van der Waals surface area contributed by atoms with Gasteiger partial charge < -0.3 is 5.73 Å². The molecule has 0 aliphatic carbocycles. The standard InChI is InChI=1S/C16H22N4S/c1-2-3-4-5-6-7-8-9-21-16-14(12-18)10-13(11-17)15(19)20-16/h10H,2-9H2,1H3,(H2,19,20). The first-order valence-corrected chi connectivity index (χ1v) is 8.45. The molecule has 0 saturated carbocycles. The van der Waals surface area contributed by atoms with Gasteiger partial charge in [0, 0.05) is 0 Å². The van der Waals surface area contributed by atoms with Crippen LogP contribution in [-0.2, 0) is 0 Å². The second-order valence-electron chi connectivity index (χ2n) is 4.97. The van der Waals surface area contributed by atoms with Crippen molar-refractivity contribution in [3.8, 4) is 12.1 Å². The Morgan fingerprint density at radius 3 is 2.29 bits per heavy atom. The molecule has 0 radical (unpaired) electrons. The maximum Gasteiger partial charge on any atom is 0.142 e. The molecule has 0 amide bonds. The highest BCUT2D eigenvalue weighted by Gasteiger charge is 2.09. The van der Waals surface area contributed by atoms with E-state index in [-0.39, 0.29) is 11.4 Å². The summed E-state index contributed by atoms with van der Waals surface area (Å²) in [6.45, 7) is 2.22. The van der Waals surface area contributed by atoms with Crippen LogP contribution in [0.15, 0.2) is 11.1 Å². The Morgan fingerprint density at radius 1 is 1.05 bits per heavy atom. The Morgan fingerprint density at radius 2 is 1.67 bits per heavy atom. The Hall–Kier alpha value is -1.72. The molecule has 0 atom stereocenters. The van der Waals surface area contributed by atoms with E-state index in [0.717, 1.165) is 12.2 Å². The van der Waals surface area contributed by atoms with Crippen LogP contribution in [0.1, 0.15) is 63.0 Å². The quantitative estimate of drug-likeness (QED) is 0.544. The van der Waals surface area contributed by atoms with Crippen LogP contribution in [0, 0.1) is 22.7 Å². The maximum atomic E-state index is 9.10. The third-order valence-electron chi connectivity index (χ3n) is 3.24. The van der Waals surface area contributed by atoms with Gasteiger partial charge in [-0.05, 0) is 18.2 Å². The van der Waals surface area contributed by atoms with E-state index >= 15 is 0 Å². The molecule has 0 unspecified atom stereocenters. The summed E-state index contributed by atoms with van der Waals surface area (Å²) in [4.78, 5) is 4.17. The van der Waals surface area contributed by atoms with Crippen LogP contribution in [0.25, 0.3) is 0 Å². The van der Waals surface area contributed by atoms with Gasteiger partial charge in [0.25, 0.3) is 0 Å². The highest BCUT2D eigenvalue weighted by Crippen LogP contribution is 2.25. The lowest BCUT2D eigenvalue weighted by molar-refractivity contribution is 0.603. The number of unbranched alkanes of at least 4 members (excludes halogenated alkanes) is 6. The molecule has 4 nitrogen and oxygen atoms in total. The average molecular weight is 302 g/mol. The summed E-state index contributed by atoms with van der Waals surface area (Å²) in [7, 11) is 0. The van der Waals surface area contributed by atoms with Gasteiger partial charge in [-0.3, -0.25) is 0 Å². The van der Waals surface area contributed by atoms with Crippen molar-refractivity contribution in [3.63, 3.8) is 0 Å². The first-order chi connectivity index (χ1) is 10.2. The molecule has 0 spiro atoms. The first kappa shape index (κ1) is 17.3. The molecule has 0 aliphatic rings. The Balaban J connectivity index is 2.37. The van der Waals surface area contributed by atoms with Crippen molar-refractivity contribution in [2.45, 2.75) is 56.9 Å². The van der Waals surface area contributed by atoms with E-state index in [1.165, 1.54) is 44.6 Å². The van der Waals surface area contributed by atoms with Crippen molar-refractivity contribution >= 4 is 17.6 Å². The number of aromatic nitrogens is 1. The largest absolute Gasteiger partial charge is 0.383 e. The van der Waals surface area contributed by atoms with Crippen LogP contribution in [0.2, 0.25) is 0 Å². The van der Waals surface area contributed by atoms with Gasteiger partial charge in [-0.2, -0.15) is 10.5 Å². The monoisotopic (exact) mass is 302 g/mol. The van der Waals surface area contributed by atoms with E-state index in [4.69, 9.17) is 16.3 Å². The van der Waals surface area contributed by atoms with Gasteiger partial charge in [0.1, 0.15) is 23.0 Å². The summed E-state index contributed by atoms with van der Waals surface area (Å²) < 4.78 is 0. The Labute approximate surface area is 131 Å². The van der Waals surface area contributed by atoms with Crippen molar-refractivity contribution in [1.29, 1.82) is 10.5 Å². The summed E-state index contributed by atoms with van der Waals surface area (Å²) in [5.74, 6) is 1.14. The summed E-state index contributed by atoms with van der Waals surface area (Å²) in [6.07, 6.45) is 8.84. The molecular weight excluding hydrogens is 280 g/mol. The molecule has 112 valence electrons. The summed E-state index contributed by atoms with van der Waals surface area (Å²) in [5.41, 5.74) is 6.41. The number of nitrogen functional groups attached to an aromatic ring is 1. The molecule has 21 heavy (non-hydrogen) atoms. The SMILES string of the molecule is CCCCCCCCCSc1nc(N)c(C#N)cc1C#N. The first-order valence-electron chi connectivity index (χ1n) is 7.46. The van der Waals surface area contributed by atoms with E-state index < -0.39 is 0 Å². The molecule has 0 aromatic carbocycles. The number of hydrogen-bond donors (Lipinski definition) is 1. The summed E-state index contributed by atoms with van der Waals surface area (Å²) in [6, 6.07) is 5.56. The Bertz CT molecular complexity index is 528. The van der Waals surface area contributed by atoms with E-state index in [1.54, 1.807) is 11.8 Å². The third kappa shape index (κ3) is 6.06. The predicted molar refractivity (Wildman–Crippen MR) is 86.8 cm³/mol. The van der Waals surface area contributed by atoms with Crippen LogP contribution in [0.4, 0.5) is 5.82 Å². The molecule has 2 N–H and O–H groups in total. The van der Waals surface area contributed by atoms with Crippen molar-refractivity contribution in [3.05, 3.63) is 17.2 Å². The zero-order valence-corrected chi connectivity index (χ0v) is 13.4. The van der Waals surface area contributed by atoms with Gasteiger partial charge in [0.15, 0.2) is 0 Å². The topological polar surface area (TPSA) is 86.5 Å². The van der Waals surface area contributed by atoms with E-state index in [2.05, 4.69) is 18.0 Å². The molecule has 1 heterocycles. The fourth-order valence-corrected chi connectivity index (χ4v) is 2.98. The smallest absolute Gasteiger partial charge is 0.142 e. The van der Waals surface area contributed by atoms with E-state index in [9.17, 15) is 0 Å². The number of anilines is 1. The Kier molecular flexibility index (Phi) is 8.31. The fourth-order valence-electron chi connectivity index (χ4n) is 2.02. The molecule has 1 rings (SSSR count). The summed E-state index contributed by atoms with van der Waals surface area (Å²) in [5, 5.41) is 18.6. The lowest BCUT2D eigenvalue weighted by Gasteiger charge is -2.05. The second-order valence-corrected chi connectivity index (χ2v) is 6.05.